The van der Waals surface area contributed by atoms with Gasteiger partial charge in [-0.2, -0.15) is 0 Å². The number of halogens is 2. The molecule has 0 aliphatic heterocycles. The zero-order chi connectivity index (χ0) is 20.9. The van der Waals surface area contributed by atoms with Crippen LogP contribution in [0.2, 0.25) is 5.02 Å². The van der Waals surface area contributed by atoms with Gasteiger partial charge in [0, 0.05) is 11.6 Å². The number of hydrogen-bond donors (Lipinski definition) is 3. The highest BCUT2D eigenvalue weighted by molar-refractivity contribution is 7.91. The Hall–Kier alpha value is -2.09. The first-order valence-corrected chi connectivity index (χ1v) is 11.0. The SMILES string of the molecule is Cl.O=S(=O)(c1ccc(CCNC[C@H](O)c2cccc(Cl)c2)cc1)c1ccccc1O. The monoisotopic (exact) mass is 467 g/mol. The van der Waals surface area contributed by atoms with Gasteiger partial charge in [-0.05, 0) is 60.5 Å². The smallest absolute Gasteiger partial charge is 0.210 e. The van der Waals surface area contributed by atoms with Crippen molar-refractivity contribution in [2.75, 3.05) is 13.1 Å². The molecule has 8 heteroatoms. The number of aliphatic hydroxyl groups excluding tert-OH is 1. The number of nitrogens with one attached hydrogen (secondary N) is 1. The first kappa shape index (κ1) is 24.2. The summed E-state index contributed by atoms with van der Waals surface area (Å²) < 4.78 is 25.3. The van der Waals surface area contributed by atoms with Crippen LogP contribution in [0.4, 0.5) is 0 Å². The summed E-state index contributed by atoms with van der Waals surface area (Å²) >= 11 is 5.93. The summed E-state index contributed by atoms with van der Waals surface area (Å²) in [5, 5.41) is 23.8. The second-order valence-corrected chi connectivity index (χ2v) is 8.99. The lowest BCUT2D eigenvalue weighted by molar-refractivity contribution is 0.175. The molecule has 0 spiro atoms. The molecule has 0 saturated heterocycles. The predicted molar refractivity (Wildman–Crippen MR) is 120 cm³/mol. The van der Waals surface area contributed by atoms with E-state index in [4.69, 9.17) is 11.6 Å². The van der Waals surface area contributed by atoms with Crippen LogP contribution >= 0.6 is 24.0 Å². The average molecular weight is 468 g/mol. The van der Waals surface area contributed by atoms with Gasteiger partial charge < -0.3 is 15.5 Å². The van der Waals surface area contributed by atoms with Gasteiger partial charge in [0.15, 0.2) is 0 Å². The molecule has 1 atom stereocenters. The molecule has 0 aliphatic carbocycles. The number of phenolic OH excluding ortho intramolecular Hbond substituents is 1. The summed E-state index contributed by atoms with van der Waals surface area (Å²) in [6.45, 7) is 1.02. The van der Waals surface area contributed by atoms with Crippen molar-refractivity contribution in [1.29, 1.82) is 0 Å². The molecule has 3 N–H and O–H groups in total. The Morgan fingerprint density at radius 2 is 1.67 bits per heavy atom. The maximum absolute atomic E-state index is 12.7. The van der Waals surface area contributed by atoms with E-state index in [1.807, 2.05) is 6.07 Å². The van der Waals surface area contributed by atoms with Gasteiger partial charge in [-0.1, -0.05) is 48.0 Å². The molecular weight excluding hydrogens is 445 g/mol. The van der Waals surface area contributed by atoms with E-state index in [0.717, 1.165) is 11.1 Å². The van der Waals surface area contributed by atoms with Crippen LogP contribution < -0.4 is 5.32 Å². The normalized spacial score (nSPS) is 12.2. The van der Waals surface area contributed by atoms with Crippen LogP contribution in [0.3, 0.4) is 0 Å². The van der Waals surface area contributed by atoms with Gasteiger partial charge in [0.2, 0.25) is 9.84 Å². The molecule has 0 bridgehead atoms. The van der Waals surface area contributed by atoms with Crippen molar-refractivity contribution in [2.24, 2.45) is 0 Å². The van der Waals surface area contributed by atoms with E-state index in [2.05, 4.69) is 5.32 Å². The maximum atomic E-state index is 12.7. The van der Waals surface area contributed by atoms with E-state index >= 15 is 0 Å². The summed E-state index contributed by atoms with van der Waals surface area (Å²) in [5.41, 5.74) is 1.72. The van der Waals surface area contributed by atoms with Crippen LogP contribution in [-0.4, -0.2) is 31.7 Å². The lowest BCUT2D eigenvalue weighted by Gasteiger charge is -2.13. The van der Waals surface area contributed by atoms with Crippen LogP contribution in [0.15, 0.2) is 82.6 Å². The predicted octanol–water partition coefficient (Wildman–Crippen LogP) is 4.17. The van der Waals surface area contributed by atoms with E-state index in [0.29, 0.717) is 24.5 Å². The van der Waals surface area contributed by atoms with Gasteiger partial charge in [0.1, 0.15) is 10.6 Å². The van der Waals surface area contributed by atoms with Crippen LogP contribution in [0.25, 0.3) is 0 Å². The van der Waals surface area contributed by atoms with Crippen molar-refractivity contribution >= 4 is 33.8 Å². The first-order chi connectivity index (χ1) is 13.9. The average Bonchev–Trinajstić information content (AvgIpc) is 2.71. The molecule has 0 radical (unpaired) electrons. The molecule has 3 aromatic carbocycles. The summed E-state index contributed by atoms with van der Waals surface area (Å²) in [6.07, 6.45) is 0.0268. The highest BCUT2D eigenvalue weighted by Crippen LogP contribution is 2.28. The number of sulfone groups is 1. The van der Waals surface area contributed by atoms with Gasteiger partial charge in [-0.25, -0.2) is 8.42 Å². The number of hydrogen-bond acceptors (Lipinski definition) is 5. The molecule has 3 aromatic rings. The topological polar surface area (TPSA) is 86.6 Å². The van der Waals surface area contributed by atoms with Gasteiger partial charge in [-0.3, -0.25) is 0 Å². The Labute approximate surface area is 187 Å². The van der Waals surface area contributed by atoms with Crippen molar-refractivity contribution < 1.29 is 18.6 Å². The van der Waals surface area contributed by atoms with E-state index in [1.165, 1.54) is 24.3 Å². The van der Waals surface area contributed by atoms with Crippen molar-refractivity contribution in [3.63, 3.8) is 0 Å². The lowest BCUT2D eigenvalue weighted by atomic mass is 10.1. The maximum Gasteiger partial charge on any atom is 0.210 e. The molecule has 0 heterocycles. The zero-order valence-electron chi connectivity index (χ0n) is 16.0. The fourth-order valence-electron chi connectivity index (χ4n) is 2.95. The Kier molecular flexibility index (Phi) is 8.70. The van der Waals surface area contributed by atoms with Crippen LogP contribution in [-0.2, 0) is 16.3 Å². The summed E-state index contributed by atoms with van der Waals surface area (Å²) in [5.74, 6) is -0.265. The second kappa shape index (κ2) is 10.8. The summed E-state index contributed by atoms with van der Waals surface area (Å²) in [4.78, 5) is 0.0245. The van der Waals surface area contributed by atoms with Gasteiger partial charge in [0.25, 0.3) is 0 Å². The number of aromatic hydroxyl groups is 1. The Morgan fingerprint density at radius 3 is 2.33 bits per heavy atom. The fourth-order valence-corrected chi connectivity index (χ4v) is 4.50. The van der Waals surface area contributed by atoms with E-state index in [1.54, 1.807) is 42.5 Å². The Balaban J connectivity index is 0.00000320. The molecule has 0 fully saturated rings. The summed E-state index contributed by atoms with van der Waals surface area (Å²) in [7, 11) is -3.77. The minimum Gasteiger partial charge on any atom is -0.507 e. The van der Waals surface area contributed by atoms with Gasteiger partial charge in [-0.15, -0.1) is 12.4 Å². The van der Waals surface area contributed by atoms with Crippen molar-refractivity contribution in [1.82, 2.24) is 5.32 Å². The van der Waals surface area contributed by atoms with Crippen LogP contribution in [0, 0.1) is 0 Å². The van der Waals surface area contributed by atoms with Crippen LogP contribution in [0.1, 0.15) is 17.2 Å². The van der Waals surface area contributed by atoms with E-state index in [9.17, 15) is 18.6 Å². The number of rotatable bonds is 8. The highest BCUT2D eigenvalue weighted by atomic mass is 35.5. The molecule has 0 saturated carbocycles. The number of para-hydroxylation sites is 1. The Morgan fingerprint density at radius 1 is 0.967 bits per heavy atom. The molecule has 160 valence electrons. The third-order valence-electron chi connectivity index (χ3n) is 4.55. The van der Waals surface area contributed by atoms with E-state index in [-0.39, 0.29) is 27.9 Å². The van der Waals surface area contributed by atoms with Gasteiger partial charge >= 0.3 is 0 Å². The third-order valence-corrected chi connectivity index (χ3v) is 6.60. The number of aliphatic hydroxyl groups is 1. The largest absolute Gasteiger partial charge is 0.507 e. The van der Waals surface area contributed by atoms with Crippen molar-refractivity contribution in [3.05, 3.63) is 88.9 Å². The van der Waals surface area contributed by atoms with Crippen molar-refractivity contribution in [3.8, 4) is 5.75 Å². The minimum absolute atomic E-state index is 0. The Bertz CT molecular complexity index is 1070. The first-order valence-electron chi connectivity index (χ1n) is 9.14. The molecule has 30 heavy (non-hydrogen) atoms. The van der Waals surface area contributed by atoms with Crippen molar-refractivity contribution in [2.45, 2.75) is 22.3 Å². The highest BCUT2D eigenvalue weighted by Gasteiger charge is 2.20. The van der Waals surface area contributed by atoms with Gasteiger partial charge in [0.05, 0.1) is 11.0 Å². The molecule has 0 unspecified atom stereocenters. The van der Waals surface area contributed by atoms with Crippen LogP contribution in [0.5, 0.6) is 5.75 Å². The quantitative estimate of drug-likeness (QED) is 0.432. The summed E-state index contributed by atoms with van der Waals surface area (Å²) in [6, 6.07) is 19.6. The third kappa shape index (κ3) is 5.97. The standard InChI is InChI=1S/C22H22ClNO4S.ClH/c23-18-5-3-4-17(14-18)21(26)15-24-13-12-16-8-10-19(11-9-16)29(27,28)22-7-2-1-6-20(22)25;/h1-11,14,21,24-26H,12-13,15H2;1H/t21-;/m0./s1. The molecule has 3 rings (SSSR count). The molecule has 0 aliphatic rings. The minimum atomic E-state index is -3.77. The molecular formula is C22H23Cl2NO4S. The molecule has 0 aromatic heterocycles. The molecule has 0 amide bonds. The van der Waals surface area contributed by atoms with E-state index < -0.39 is 15.9 Å². The molecule has 5 nitrogen and oxygen atoms in total. The zero-order valence-corrected chi connectivity index (χ0v) is 18.4. The number of phenols is 1. The fraction of sp³-hybridized carbons (Fsp3) is 0.182. The lowest BCUT2D eigenvalue weighted by Crippen LogP contribution is -2.23. The number of benzene rings is 3. The second-order valence-electron chi connectivity index (χ2n) is 6.64.